The zero-order valence-corrected chi connectivity index (χ0v) is 7.74. The Balaban J connectivity index is 1.66. The second-order valence-corrected chi connectivity index (χ2v) is 3.73. The molecule has 0 radical (unpaired) electrons. The maximum Gasteiger partial charge on any atom is 0.0971 e. The molecule has 2 saturated heterocycles. The number of nitrogens with one attached hydrogen (secondary N) is 1. The Morgan fingerprint density at radius 3 is 3.00 bits per heavy atom. The van der Waals surface area contributed by atoms with Crippen molar-refractivity contribution in [2.75, 3.05) is 26.3 Å². The fourth-order valence-corrected chi connectivity index (χ4v) is 1.82. The van der Waals surface area contributed by atoms with Crippen molar-refractivity contribution in [3.8, 4) is 0 Å². The molecule has 2 fully saturated rings. The van der Waals surface area contributed by atoms with Gasteiger partial charge in [0.2, 0.25) is 0 Å². The van der Waals surface area contributed by atoms with Crippen LogP contribution in [0.4, 0.5) is 0 Å². The minimum atomic E-state index is -0.346. The molecule has 4 heteroatoms. The summed E-state index contributed by atoms with van der Waals surface area (Å²) in [4.78, 5) is 0. The monoisotopic (exact) mass is 187 g/mol. The highest BCUT2D eigenvalue weighted by Crippen LogP contribution is 2.14. The number of hydrogen-bond donors (Lipinski definition) is 2. The second-order valence-electron chi connectivity index (χ2n) is 3.73. The molecule has 76 valence electrons. The molecule has 2 unspecified atom stereocenters. The largest absolute Gasteiger partial charge is 0.389 e. The molecule has 2 aliphatic rings. The highest BCUT2D eigenvalue weighted by Gasteiger charge is 2.27. The van der Waals surface area contributed by atoms with E-state index in [1.165, 1.54) is 0 Å². The van der Waals surface area contributed by atoms with Crippen molar-refractivity contribution in [1.82, 2.24) is 5.32 Å². The summed E-state index contributed by atoms with van der Waals surface area (Å²) in [5.74, 6) is 0. The molecule has 0 aromatic rings. The molecule has 0 aromatic carbocycles. The number of β-amino-alcohol motifs (C(OH)–C–C–N with tert-alkyl or cyclic N) is 1. The van der Waals surface area contributed by atoms with Crippen molar-refractivity contribution in [1.29, 1.82) is 0 Å². The summed E-state index contributed by atoms with van der Waals surface area (Å²) in [6.07, 6.45) is 2.11. The van der Waals surface area contributed by atoms with Crippen LogP contribution in [0.25, 0.3) is 0 Å². The molecule has 0 bridgehead atoms. The lowest BCUT2D eigenvalue weighted by Crippen LogP contribution is -2.30. The molecule has 0 amide bonds. The van der Waals surface area contributed by atoms with Crippen molar-refractivity contribution in [2.24, 2.45) is 0 Å². The molecule has 2 rings (SSSR count). The Morgan fingerprint density at radius 2 is 2.38 bits per heavy atom. The second kappa shape index (κ2) is 4.37. The smallest absolute Gasteiger partial charge is 0.0971 e. The van der Waals surface area contributed by atoms with Gasteiger partial charge in [0.1, 0.15) is 0 Å². The summed E-state index contributed by atoms with van der Waals surface area (Å²) < 4.78 is 11.0. The summed E-state index contributed by atoms with van der Waals surface area (Å²) in [5, 5.41) is 12.5. The molecule has 0 saturated carbocycles. The molecule has 13 heavy (non-hydrogen) atoms. The van der Waals surface area contributed by atoms with Crippen LogP contribution in [0, 0.1) is 0 Å². The quantitative estimate of drug-likeness (QED) is 0.626. The van der Waals surface area contributed by atoms with Gasteiger partial charge in [-0.05, 0) is 12.8 Å². The van der Waals surface area contributed by atoms with Gasteiger partial charge in [0.15, 0.2) is 0 Å². The zero-order valence-electron chi connectivity index (χ0n) is 7.74. The van der Waals surface area contributed by atoms with Gasteiger partial charge in [0, 0.05) is 19.7 Å². The van der Waals surface area contributed by atoms with E-state index in [0.29, 0.717) is 13.2 Å². The van der Waals surface area contributed by atoms with E-state index < -0.39 is 0 Å². The Labute approximate surface area is 78.2 Å². The lowest BCUT2D eigenvalue weighted by Gasteiger charge is -2.17. The zero-order chi connectivity index (χ0) is 9.10. The van der Waals surface area contributed by atoms with E-state index in [0.717, 1.165) is 26.0 Å². The summed E-state index contributed by atoms with van der Waals surface area (Å²) in [6, 6.07) is 0. The fraction of sp³-hybridized carbons (Fsp3) is 1.00. The summed E-state index contributed by atoms with van der Waals surface area (Å²) in [7, 11) is 0. The van der Waals surface area contributed by atoms with Crippen LogP contribution in [-0.4, -0.2) is 49.7 Å². The van der Waals surface area contributed by atoms with Crippen LogP contribution in [-0.2, 0) is 9.47 Å². The average Bonchev–Trinajstić information content (AvgIpc) is 2.72. The topological polar surface area (TPSA) is 50.7 Å². The highest BCUT2D eigenvalue weighted by atomic mass is 16.5. The van der Waals surface area contributed by atoms with Crippen LogP contribution in [0.1, 0.15) is 12.8 Å². The predicted molar refractivity (Wildman–Crippen MR) is 47.6 cm³/mol. The summed E-state index contributed by atoms with van der Waals surface area (Å²) >= 11 is 0. The van der Waals surface area contributed by atoms with Gasteiger partial charge in [0.25, 0.3) is 0 Å². The Hall–Kier alpha value is -0.160. The molecule has 3 atom stereocenters. The molecule has 2 N–H and O–H groups in total. The van der Waals surface area contributed by atoms with Crippen molar-refractivity contribution >= 4 is 0 Å². The molecule has 0 aliphatic carbocycles. The van der Waals surface area contributed by atoms with Crippen molar-refractivity contribution in [2.45, 2.75) is 31.2 Å². The minimum absolute atomic E-state index is 0.0378. The lowest BCUT2D eigenvalue weighted by atomic mass is 10.2. The van der Waals surface area contributed by atoms with Crippen molar-refractivity contribution in [3.05, 3.63) is 0 Å². The molecule has 4 nitrogen and oxygen atoms in total. The molecule has 0 spiro atoms. The first-order valence-electron chi connectivity index (χ1n) is 4.98. The van der Waals surface area contributed by atoms with Crippen molar-refractivity contribution < 1.29 is 14.6 Å². The van der Waals surface area contributed by atoms with Crippen LogP contribution in [0.15, 0.2) is 0 Å². The van der Waals surface area contributed by atoms with E-state index in [1.54, 1.807) is 0 Å². The van der Waals surface area contributed by atoms with E-state index in [4.69, 9.17) is 9.47 Å². The lowest BCUT2D eigenvalue weighted by molar-refractivity contribution is -0.0502. The van der Waals surface area contributed by atoms with E-state index >= 15 is 0 Å². The fourth-order valence-electron chi connectivity index (χ4n) is 1.82. The van der Waals surface area contributed by atoms with Gasteiger partial charge in [-0.3, -0.25) is 0 Å². The predicted octanol–water partition coefficient (Wildman–Crippen LogP) is -0.485. The van der Waals surface area contributed by atoms with Crippen LogP contribution >= 0.6 is 0 Å². The third-order valence-corrected chi connectivity index (χ3v) is 2.65. The van der Waals surface area contributed by atoms with E-state index in [1.807, 2.05) is 0 Å². The standard InChI is InChI=1S/C9H17NO3/c11-8-4-10-5-9(8)13-6-7-2-1-3-12-7/h7-11H,1-6H2/t7-,8?,9?/m1/s1. The van der Waals surface area contributed by atoms with Crippen LogP contribution in [0.5, 0.6) is 0 Å². The molecule has 2 heterocycles. The number of hydrogen-bond acceptors (Lipinski definition) is 4. The third-order valence-electron chi connectivity index (χ3n) is 2.65. The van der Waals surface area contributed by atoms with Gasteiger partial charge in [-0.15, -0.1) is 0 Å². The number of aliphatic hydroxyl groups excluding tert-OH is 1. The van der Waals surface area contributed by atoms with E-state index in [9.17, 15) is 5.11 Å². The van der Waals surface area contributed by atoms with Gasteiger partial charge in [-0.1, -0.05) is 0 Å². The van der Waals surface area contributed by atoms with Gasteiger partial charge < -0.3 is 19.9 Å². The van der Waals surface area contributed by atoms with E-state index in [-0.39, 0.29) is 18.3 Å². The first-order valence-corrected chi connectivity index (χ1v) is 4.98. The molecular weight excluding hydrogens is 170 g/mol. The molecule has 0 aromatic heterocycles. The Bertz CT molecular complexity index is 159. The van der Waals surface area contributed by atoms with E-state index in [2.05, 4.69) is 5.32 Å². The van der Waals surface area contributed by atoms with Gasteiger partial charge in [-0.25, -0.2) is 0 Å². The number of ether oxygens (including phenoxy) is 2. The summed E-state index contributed by atoms with van der Waals surface area (Å²) in [6.45, 7) is 2.90. The number of rotatable bonds is 3. The number of aliphatic hydroxyl groups is 1. The summed E-state index contributed by atoms with van der Waals surface area (Å²) in [5.41, 5.74) is 0. The Morgan fingerprint density at radius 1 is 1.46 bits per heavy atom. The van der Waals surface area contributed by atoms with Crippen LogP contribution in [0.3, 0.4) is 0 Å². The Kier molecular flexibility index (Phi) is 3.16. The maximum absolute atomic E-state index is 9.43. The van der Waals surface area contributed by atoms with Gasteiger partial charge >= 0.3 is 0 Å². The normalized spacial score (nSPS) is 39.9. The first kappa shape index (κ1) is 9.40. The average molecular weight is 187 g/mol. The molecular formula is C9H17NO3. The van der Waals surface area contributed by atoms with Crippen LogP contribution < -0.4 is 5.32 Å². The maximum atomic E-state index is 9.43. The third kappa shape index (κ3) is 2.40. The first-order chi connectivity index (χ1) is 6.36. The SMILES string of the molecule is OC1CNCC1OC[C@H]1CCCO1. The highest BCUT2D eigenvalue weighted by molar-refractivity contribution is 4.81. The van der Waals surface area contributed by atoms with Crippen molar-refractivity contribution in [3.63, 3.8) is 0 Å². The van der Waals surface area contributed by atoms with Gasteiger partial charge in [-0.2, -0.15) is 0 Å². The molecule has 2 aliphatic heterocycles. The van der Waals surface area contributed by atoms with Gasteiger partial charge in [0.05, 0.1) is 24.9 Å². The van der Waals surface area contributed by atoms with Crippen LogP contribution in [0.2, 0.25) is 0 Å². The minimum Gasteiger partial charge on any atom is -0.389 e.